The van der Waals surface area contributed by atoms with Crippen LogP contribution >= 0.6 is 0 Å². The maximum absolute atomic E-state index is 13.3. The van der Waals surface area contributed by atoms with Gasteiger partial charge in [0.15, 0.2) is 23.0 Å². The van der Waals surface area contributed by atoms with Crippen LogP contribution in [0.1, 0.15) is 21.5 Å². The largest absolute Gasteiger partial charge is 0.493 e. The number of nitrogens with one attached hydrogen (secondary N) is 1. The third-order valence-electron chi connectivity index (χ3n) is 4.67. The lowest BCUT2D eigenvalue weighted by molar-refractivity contribution is -0.120. The molecule has 0 aliphatic heterocycles. The number of carbonyl (C=O) groups is 2. The molecule has 9 heteroatoms. The van der Waals surface area contributed by atoms with Crippen LogP contribution in [0.4, 0.5) is 4.39 Å². The Labute approximate surface area is 195 Å². The number of rotatable bonds is 9. The Kier molecular flexibility index (Phi) is 8.17. The van der Waals surface area contributed by atoms with Gasteiger partial charge in [-0.2, -0.15) is 5.10 Å². The number of halogens is 1. The van der Waals surface area contributed by atoms with Gasteiger partial charge in [-0.25, -0.2) is 14.6 Å². The highest BCUT2D eigenvalue weighted by molar-refractivity contribution is 5.91. The van der Waals surface area contributed by atoms with Crippen LogP contribution < -0.4 is 24.4 Å². The van der Waals surface area contributed by atoms with Crippen LogP contribution in [0.15, 0.2) is 65.8 Å². The second-order valence-electron chi connectivity index (χ2n) is 6.97. The topological polar surface area (TPSA) is 95.5 Å². The Morgan fingerprint density at radius 2 is 1.59 bits per heavy atom. The summed E-state index contributed by atoms with van der Waals surface area (Å²) in [4.78, 5) is 24.5. The molecule has 0 fully saturated rings. The highest BCUT2D eigenvalue weighted by Gasteiger charge is 2.13. The minimum Gasteiger partial charge on any atom is -0.493 e. The third-order valence-corrected chi connectivity index (χ3v) is 4.67. The van der Waals surface area contributed by atoms with Gasteiger partial charge in [-0.05, 0) is 59.7 Å². The summed E-state index contributed by atoms with van der Waals surface area (Å²) >= 11 is 0. The summed E-state index contributed by atoms with van der Waals surface area (Å²) in [5.74, 6) is -0.0547. The first-order valence-corrected chi connectivity index (χ1v) is 10.1. The van der Waals surface area contributed by atoms with E-state index in [0.717, 1.165) is 11.6 Å². The van der Waals surface area contributed by atoms with Gasteiger partial charge in [0, 0.05) is 0 Å². The Hall–Kier alpha value is -4.40. The zero-order chi connectivity index (χ0) is 24.5. The van der Waals surface area contributed by atoms with Gasteiger partial charge in [0.1, 0.15) is 5.82 Å². The maximum Gasteiger partial charge on any atom is 0.343 e. The van der Waals surface area contributed by atoms with E-state index in [0.29, 0.717) is 17.1 Å². The molecule has 0 atom stereocenters. The fraction of sp³-hybridized carbons (Fsp3) is 0.160. The predicted molar refractivity (Wildman–Crippen MR) is 123 cm³/mol. The third kappa shape index (κ3) is 6.32. The first-order valence-electron chi connectivity index (χ1n) is 10.1. The average molecular weight is 466 g/mol. The van der Waals surface area contributed by atoms with Gasteiger partial charge in [0.2, 0.25) is 5.91 Å². The molecule has 0 unspecified atom stereocenters. The first-order chi connectivity index (χ1) is 16.4. The normalized spacial score (nSPS) is 10.6. The monoisotopic (exact) mass is 466 g/mol. The van der Waals surface area contributed by atoms with Gasteiger partial charge < -0.3 is 18.9 Å². The number of ether oxygens (including phenoxy) is 4. The summed E-state index contributed by atoms with van der Waals surface area (Å²) in [5.41, 5.74) is 3.85. The zero-order valence-corrected chi connectivity index (χ0v) is 18.8. The van der Waals surface area contributed by atoms with Crippen molar-refractivity contribution in [1.82, 2.24) is 5.43 Å². The SMILES string of the molecule is COc1ccc(CC(=O)NN=Cc2ccc(OC(=O)c3cccc(F)c3)c(OC)c2)cc1OC. The molecule has 3 rings (SSSR count). The van der Waals surface area contributed by atoms with E-state index < -0.39 is 11.8 Å². The highest BCUT2D eigenvalue weighted by Crippen LogP contribution is 2.29. The molecule has 1 N–H and O–H groups in total. The molecular weight excluding hydrogens is 443 g/mol. The van der Waals surface area contributed by atoms with Crippen LogP contribution in [0.2, 0.25) is 0 Å². The fourth-order valence-electron chi connectivity index (χ4n) is 3.02. The van der Waals surface area contributed by atoms with Crippen LogP contribution in [-0.4, -0.2) is 39.4 Å². The van der Waals surface area contributed by atoms with E-state index in [1.165, 1.54) is 51.8 Å². The second kappa shape index (κ2) is 11.5. The highest BCUT2D eigenvalue weighted by atomic mass is 19.1. The number of carbonyl (C=O) groups excluding carboxylic acids is 2. The van der Waals surface area contributed by atoms with Crippen LogP contribution in [-0.2, 0) is 11.2 Å². The summed E-state index contributed by atoms with van der Waals surface area (Å²) < 4.78 is 34.3. The van der Waals surface area contributed by atoms with Crippen LogP contribution in [0.5, 0.6) is 23.0 Å². The van der Waals surface area contributed by atoms with Gasteiger partial charge in [-0.3, -0.25) is 4.79 Å². The number of nitrogens with zero attached hydrogens (tertiary/aromatic N) is 1. The van der Waals surface area contributed by atoms with Gasteiger partial charge in [-0.15, -0.1) is 0 Å². The number of hydrogen-bond acceptors (Lipinski definition) is 7. The van der Waals surface area contributed by atoms with Crippen molar-refractivity contribution < 1.29 is 32.9 Å². The zero-order valence-electron chi connectivity index (χ0n) is 18.8. The lowest BCUT2D eigenvalue weighted by Crippen LogP contribution is -2.19. The van der Waals surface area contributed by atoms with Crippen molar-refractivity contribution in [3.05, 3.63) is 83.2 Å². The molecule has 0 aliphatic carbocycles. The number of benzene rings is 3. The molecule has 0 spiro atoms. The van der Waals surface area contributed by atoms with Crippen LogP contribution in [0, 0.1) is 5.82 Å². The molecular formula is C25H23FN2O6. The maximum atomic E-state index is 13.3. The van der Waals surface area contributed by atoms with Gasteiger partial charge in [-0.1, -0.05) is 12.1 Å². The molecule has 1 amide bonds. The summed E-state index contributed by atoms with van der Waals surface area (Å²) in [7, 11) is 4.48. The Balaban J connectivity index is 1.61. The van der Waals surface area contributed by atoms with Crippen molar-refractivity contribution in [3.63, 3.8) is 0 Å². The molecule has 3 aromatic rings. The summed E-state index contributed by atoms with van der Waals surface area (Å²) in [6.45, 7) is 0. The van der Waals surface area contributed by atoms with Crippen molar-refractivity contribution in [2.24, 2.45) is 5.10 Å². The van der Waals surface area contributed by atoms with Crippen molar-refractivity contribution in [2.45, 2.75) is 6.42 Å². The molecule has 176 valence electrons. The van der Waals surface area contributed by atoms with E-state index in [1.54, 1.807) is 30.3 Å². The van der Waals surface area contributed by atoms with Gasteiger partial charge in [0.05, 0.1) is 39.5 Å². The molecule has 0 bridgehead atoms. The minimum absolute atomic E-state index is 0.0740. The number of esters is 1. The number of amides is 1. The van der Waals surface area contributed by atoms with Crippen LogP contribution in [0.25, 0.3) is 0 Å². The van der Waals surface area contributed by atoms with E-state index >= 15 is 0 Å². The smallest absolute Gasteiger partial charge is 0.343 e. The lowest BCUT2D eigenvalue weighted by Gasteiger charge is -2.10. The first kappa shape index (κ1) is 24.2. The average Bonchev–Trinajstić information content (AvgIpc) is 2.84. The van der Waals surface area contributed by atoms with E-state index in [9.17, 15) is 14.0 Å². The van der Waals surface area contributed by atoms with E-state index in [4.69, 9.17) is 18.9 Å². The summed E-state index contributed by atoms with van der Waals surface area (Å²) in [6, 6.07) is 15.1. The molecule has 34 heavy (non-hydrogen) atoms. The molecule has 0 radical (unpaired) electrons. The Morgan fingerprint density at radius 3 is 2.29 bits per heavy atom. The number of hydrogen-bond donors (Lipinski definition) is 1. The van der Waals surface area contributed by atoms with E-state index in [-0.39, 0.29) is 29.4 Å². The molecule has 0 aromatic heterocycles. The lowest BCUT2D eigenvalue weighted by atomic mass is 10.1. The predicted octanol–water partition coefficient (Wildman–Crippen LogP) is 3.76. The Morgan fingerprint density at radius 1 is 0.882 bits per heavy atom. The van der Waals surface area contributed by atoms with E-state index in [2.05, 4.69) is 10.5 Å². The number of hydrazone groups is 1. The molecule has 0 aliphatic rings. The van der Waals surface area contributed by atoms with Crippen molar-refractivity contribution >= 4 is 18.1 Å². The molecule has 0 saturated heterocycles. The quantitative estimate of drug-likeness (QED) is 0.223. The molecule has 0 heterocycles. The molecule has 8 nitrogen and oxygen atoms in total. The van der Waals surface area contributed by atoms with E-state index in [1.807, 2.05) is 0 Å². The standard InChI is InChI=1S/C25H23FN2O6/c1-31-20-9-7-16(11-22(20)32-2)13-24(29)28-27-15-17-8-10-21(23(12-17)33-3)34-25(30)18-5-4-6-19(26)14-18/h4-12,14-15H,13H2,1-3H3,(H,28,29). The molecule has 3 aromatic carbocycles. The van der Waals surface area contributed by atoms with Crippen LogP contribution in [0.3, 0.4) is 0 Å². The van der Waals surface area contributed by atoms with Crippen molar-refractivity contribution in [3.8, 4) is 23.0 Å². The van der Waals surface area contributed by atoms with Crippen molar-refractivity contribution in [2.75, 3.05) is 21.3 Å². The van der Waals surface area contributed by atoms with Gasteiger partial charge >= 0.3 is 5.97 Å². The minimum atomic E-state index is -0.721. The summed E-state index contributed by atoms with van der Waals surface area (Å²) in [5, 5.41) is 3.95. The van der Waals surface area contributed by atoms with Gasteiger partial charge in [0.25, 0.3) is 0 Å². The Bertz CT molecular complexity index is 1210. The summed E-state index contributed by atoms with van der Waals surface area (Å²) in [6.07, 6.45) is 1.52. The number of methoxy groups -OCH3 is 3. The second-order valence-corrected chi connectivity index (χ2v) is 6.97. The fourth-order valence-corrected chi connectivity index (χ4v) is 3.02. The van der Waals surface area contributed by atoms with Crippen molar-refractivity contribution in [1.29, 1.82) is 0 Å². The molecule has 0 saturated carbocycles.